The van der Waals surface area contributed by atoms with Gasteiger partial charge in [-0.15, -0.1) is 0 Å². The summed E-state index contributed by atoms with van der Waals surface area (Å²) in [6, 6.07) is 14.8. The fraction of sp³-hybridized carbons (Fsp3) is 0.304. The molecule has 0 saturated carbocycles. The van der Waals surface area contributed by atoms with Crippen molar-refractivity contribution in [3.8, 4) is 0 Å². The van der Waals surface area contributed by atoms with Gasteiger partial charge in [0.15, 0.2) is 17.5 Å². The number of carbonyl (C=O) groups is 3. The number of rotatable bonds is 6. The number of para-hydroxylation sites is 1. The van der Waals surface area contributed by atoms with Gasteiger partial charge in [-0.3, -0.25) is 14.0 Å². The highest BCUT2D eigenvalue weighted by molar-refractivity contribution is 7.98. The average Bonchev–Trinajstić information content (AvgIpc) is 3.22. The number of ether oxygens (including phenoxy) is 1. The molecule has 1 saturated heterocycles. The number of esters is 1. The van der Waals surface area contributed by atoms with Gasteiger partial charge in [-0.2, -0.15) is 0 Å². The van der Waals surface area contributed by atoms with E-state index in [1.54, 1.807) is 11.0 Å². The van der Waals surface area contributed by atoms with Crippen molar-refractivity contribution >= 4 is 40.7 Å². The van der Waals surface area contributed by atoms with Crippen molar-refractivity contribution in [2.24, 2.45) is 5.92 Å². The molecule has 3 heterocycles. The molecule has 9 heteroatoms. The van der Waals surface area contributed by atoms with Crippen LogP contribution in [-0.2, 0) is 14.3 Å². The molecular formula is C23H24N4O4S. The van der Waals surface area contributed by atoms with Crippen LogP contribution in [0.1, 0.15) is 23.3 Å². The van der Waals surface area contributed by atoms with Crippen LogP contribution < -0.4 is 5.32 Å². The molecule has 0 radical (unpaired) electrons. The van der Waals surface area contributed by atoms with Crippen molar-refractivity contribution in [3.05, 3.63) is 60.4 Å². The molecule has 1 aliphatic heterocycles. The van der Waals surface area contributed by atoms with Crippen molar-refractivity contribution in [1.29, 1.82) is 0 Å². The highest BCUT2D eigenvalue weighted by atomic mass is 32.2. The molecule has 1 aromatic carbocycles. The Morgan fingerprint density at radius 1 is 1.09 bits per heavy atom. The van der Waals surface area contributed by atoms with E-state index < -0.39 is 5.97 Å². The van der Waals surface area contributed by atoms with Gasteiger partial charge in [0.2, 0.25) is 5.91 Å². The maximum absolute atomic E-state index is 12.6. The summed E-state index contributed by atoms with van der Waals surface area (Å²) in [5.74, 6) is -1.08. The quantitative estimate of drug-likeness (QED) is 0.456. The largest absolute Gasteiger partial charge is 0.451 e. The van der Waals surface area contributed by atoms with Crippen molar-refractivity contribution < 1.29 is 19.1 Å². The summed E-state index contributed by atoms with van der Waals surface area (Å²) < 4.78 is 7.08. The molecule has 166 valence electrons. The van der Waals surface area contributed by atoms with E-state index in [1.165, 1.54) is 11.8 Å². The first-order valence-corrected chi connectivity index (χ1v) is 11.6. The fourth-order valence-electron chi connectivity index (χ4n) is 3.75. The van der Waals surface area contributed by atoms with E-state index in [2.05, 4.69) is 10.3 Å². The van der Waals surface area contributed by atoms with Gasteiger partial charge in [0.1, 0.15) is 0 Å². The van der Waals surface area contributed by atoms with Crippen molar-refractivity contribution in [2.45, 2.75) is 18.0 Å². The predicted octanol–water partition coefficient (Wildman–Crippen LogP) is 3.09. The van der Waals surface area contributed by atoms with Gasteiger partial charge >= 0.3 is 5.97 Å². The Bertz CT molecular complexity index is 1120. The number of nitrogens with zero attached hydrogens (tertiary/aromatic N) is 3. The first-order chi connectivity index (χ1) is 15.6. The number of imidazole rings is 1. The Kier molecular flexibility index (Phi) is 6.75. The van der Waals surface area contributed by atoms with Gasteiger partial charge < -0.3 is 15.0 Å². The van der Waals surface area contributed by atoms with Gasteiger partial charge in [-0.25, -0.2) is 9.78 Å². The number of benzene rings is 1. The molecule has 4 rings (SSSR count). The van der Waals surface area contributed by atoms with Crippen molar-refractivity contribution in [1.82, 2.24) is 14.3 Å². The van der Waals surface area contributed by atoms with E-state index in [0.29, 0.717) is 36.6 Å². The molecule has 2 aromatic heterocycles. The number of hydrogen-bond donors (Lipinski definition) is 1. The number of pyridine rings is 1. The molecule has 1 N–H and O–H groups in total. The molecule has 0 bridgehead atoms. The van der Waals surface area contributed by atoms with Crippen molar-refractivity contribution in [3.63, 3.8) is 0 Å². The monoisotopic (exact) mass is 452 g/mol. The highest BCUT2D eigenvalue weighted by Gasteiger charge is 2.28. The van der Waals surface area contributed by atoms with Crippen molar-refractivity contribution in [2.75, 3.05) is 31.3 Å². The lowest BCUT2D eigenvalue weighted by Gasteiger charge is -2.31. The molecule has 0 unspecified atom stereocenters. The van der Waals surface area contributed by atoms with E-state index in [-0.39, 0.29) is 30.0 Å². The van der Waals surface area contributed by atoms with E-state index in [4.69, 9.17) is 4.74 Å². The summed E-state index contributed by atoms with van der Waals surface area (Å²) in [7, 11) is 0. The third-order valence-corrected chi connectivity index (χ3v) is 6.13. The molecule has 32 heavy (non-hydrogen) atoms. The summed E-state index contributed by atoms with van der Waals surface area (Å²) >= 11 is 1.42. The normalized spacial score (nSPS) is 14.3. The van der Waals surface area contributed by atoms with Crippen LogP contribution in [0.4, 0.5) is 5.69 Å². The lowest BCUT2D eigenvalue weighted by molar-refractivity contribution is -0.137. The molecular weight excluding hydrogens is 428 g/mol. The first-order valence-electron chi connectivity index (χ1n) is 10.4. The number of carbonyl (C=O) groups excluding carboxylic acids is 3. The second-order valence-electron chi connectivity index (χ2n) is 7.49. The van der Waals surface area contributed by atoms with Gasteiger partial charge in [-0.05, 0) is 43.4 Å². The Morgan fingerprint density at radius 3 is 2.53 bits per heavy atom. The number of likely N-dealkylation sites (tertiary alicyclic amines) is 1. The Balaban J connectivity index is 1.28. The number of amides is 2. The molecule has 8 nitrogen and oxygen atoms in total. The maximum atomic E-state index is 12.6. The molecule has 0 aliphatic carbocycles. The van der Waals surface area contributed by atoms with Crippen LogP contribution in [0.2, 0.25) is 0 Å². The Labute approximate surface area is 190 Å². The summed E-state index contributed by atoms with van der Waals surface area (Å²) in [4.78, 5) is 43.5. The van der Waals surface area contributed by atoms with E-state index in [1.807, 2.05) is 59.3 Å². The minimum atomic E-state index is -0.625. The van der Waals surface area contributed by atoms with Crippen LogP contribution in [-0.4, -0.2) is 58.0 Å². The number of nitrogens with one attached hydrogen (secondary N) is 1. The van der Waals surface area contributed by atoms with E-state index in [9.17, 15) is 14.4 Å². The Morgan fingerprint density at radius 2 is 1.81 bits per heavy atom. The zero-order valence-electron chi connectivity index (χ0n) is 17.7. The lowest BCUT2D eigenvalue weighted by atomic mass is 9.95. The van der Waals surface area contributed by atoms with Gasteiger partial charge in [-0.1, -0.05) is 36.0 Å². The molecule has 3 aromatic rings. The van der Waals surface area contributed by atoms with Crippen LogP contribution in [0.25, 0.3) is 5.52 Å². The zero-order chi connectivity index (χ0) is 22.5. The minimum Gasteiger partial charge on any atom is -0.451 e. The minimum absolute atomic E-state index is 0.0361. The predicted molar refractivity (Wildman–Crippen MR) is 122 cm³/mol. The highest BCUT2D eigenvalue weighted by Crippen LogP contribution is 2.22. The van der Waals surface area contributed by atoms with Crippen LogP contribution >= 0.6 is 11.8 Å². The molecule has 0 atom stereocenters. The smallest absolute Gasteiger partial charge is 0.359 e. The summed E-state index contributed by atoms with van der Waals surface area (Å²) in [6.45, 7) is 0.556. The Hall–Kier alpha value is -3.33. The third-order valence-electron chi connectivity index (χ3n) is 5.48. The van der Waals surface area contributed by atoms with Crippen LogP contribution in [0.15, 0.2) is 59.9 Å². The summed E-state index contributed by atoms with van der Waals surface area (Å²) in [5, 5.41) is 3.59. The average molecular weight is 453 g/mol. The van der Waals surface area contributed by atoms with E-state index >= 15 is 0 Å². The molecule has 2 amide bonds. The standard InChI is InChI=1S/C23H24N4O4S/c1-32-23-25-20(18-9-5-6-12-27(18)23)22(30)31-15-19(28)26-13-10-16(11-14-26)21(29)24-17-7-3-2-4-8-17/h2-9,12,16H,10-11,13-15H2,1H3,(H,24,29). The van der Waals surface area contributed by atoms with Crippen LogP contribution in [0, 0.1) is 5.92 Å². The third kappa shape index (κ3) is 4.77. The number of aromatic nitrogens is 2. The van der Waals surface area contributed by atoms with Gasteiger partial charge in [0, 0.05) is 30.9 Å². The second-order valence-corrected chi connectivity index (χ2v) is 8.26. The van der Waals surface area contributed by atoms with Gasteiger partial charge in [0.25, 0.3) is 5.91 Å². The van der Waals surface area contributed by atoms with Crippen LogP contribution in [0.5, 0.6) is 0 Å². The van der Waals surface area contributed by atoms with Crippen LogP contribution in [0.3, 0.4) is 0 Å². The lowest BCUT2D eigenvalue weighted by Crippen LogP contribution is -2.43. The van der Waals surface area contributed by atoms with E-state index in [0.717, 1.165) is 5.69 Å². The maximum Gasteiger partial charge on any atom is 0.359 e. The number of hydrogen-bond acceptors (Lipinski definition) is 6. The molecule has 0 spiro atoms. The fourth-order valence-corrected chi connectivity index (χ4v) is 4.29. The molecule has 1 fully saturated rings. The SMILES string of the molecule is CSc1nc(C(=O)OCC(=O)N2CCC(C(=O)Nc3ccccc3)CC2)c2ccccn12. The number of anilines is 1. The topological polar surface area (TPSA) is 93.0 Å². The number of thioether (sulfide) groups is 1. The van der Waals surface area contributed by atoms with Gasteiger partial charge in [0.05, 0.1) is 5.52 Å². The summed E-state index contributed by atoms with van der Waals surface area (Å²) in [6.07, 6.45) is 4.85. The summed E-state index contributed by atoms with van der Waals surface area (Å²) in [5.41, 5.74) is 1.60. The second kappa shape index (κ2) is 9.86. The first kappa shape index (κ1) is 21.9. The zero-order valence-corrected chi connectivity index (χ0v) is 18.5. The molecule has 1 aliphatic rings. The number of piperidine rings is 1. The number of fused-ring (bicyclic) bond motifs is 1.